The lowest BCUT2D eigenvalue weighted by Crippen LogP contribution is -2.53. The summed E-state index contributed by atoms with van der Waals surface area (Å²) in [6, 6.07) is 4.53. The summed E-state index contributed by atoms with van der Waals surface area (Å²) >= 11 is 6.16. The fourth-order valence-corrected chi connectivity index (χ4v) is 4.99. The zero-order valence-corrected chi connectivity index (χ0v) is 23.8. The molecule has 13 heteroatoms. The number of nitrogens with one attached hydrogen (secondary N) is 2. The van der Waals surface area contributed by atoms with Crippen LogP contribution in [0.15, 0.2) is 23.0 Å². The van der Waals surface area contributed by atoms with E-state index in [1.54, 1.807) is 25.7 Å². The molecule has 0 bridgehead atoms. The highest BCUT2D eigenvalue weighted by Gasteiger charge is 2.34. The fourth-order valence-electron chi connectivity index (χ4n) is 4.82. The lowest BCUT2D eigenvalue weighted by molar-refractivity contribution is 0.0160. The normalized spacial score (nSPS) is 18.1. The van der Waals surface area contributed by atoms with Crippen molar-refractivity contribution in [2.24, 2.45) is 0 Å². The van der Waals surface area contributed by atoms with Crippen LogP contribution in [0, 0.1) is 0 Å². The van der Waals surface area contributed by atoms with Gasteiger partial charge < -0.3 is 24.5 Å². The fraction of sp³-hybridized carbons (Fsp3) is 0.556. The van der Waals surface area contributed by atoms with Crippen molar-refractivity contribution in [3.05, 3.63) is 44.7 Å². The summed E-state index contributed by atoms with van der Waals surface area (Å²) in [6.45, 7) is 7.80. The molecule has 2 aliphatic rings. The Bertz CT molecular complexity index is 1310. The molecule has 218 valence electrons. The van der Waals surface area contributed by atoms with E-state index in [1.165, 1.54) is 18.2 Å². The first kappa shape index (κ1) is 29.8. The van der Waals surface area contributed by atoms with Gasteiger partial charge in [0.1, 0.15) is 16.9 Å². The van der Waals surface area contributed by atoms with Crippen molar-refractivity contribution in [1.29, 1.82) is 0 Å². The number of hydrogen-bond acceptors (Lipinski definition) is 8. The highest BCUT2D eigenvalue weighted by Crippen LogP contribution is 2.21. The van der Waals surface area contributed by atoms with Crippen LogP contribution in [0.25, 0.3) is 10.9 Å². The van der Waals surface area contributed by atoms with Gasteiger partial charge in [-0.05, 0) is 51.8 Å². The van der Waals surface area contributed by atoms with Gasteiger partial charge >= 0.3 is 6.09 Å². The van der Waals surface area contributed by atoms with Gasteiger partial charge in [-0.15, -0.1) is 0 Å². The SMILES string of the molecule is CC(C)(C)OC(=O)NN(CC1CCCO1)C(=O)c1c(C(=O)N2CCN(CCO)CC2)[nH]c2cc(Cl)ccc2c1=O. The number of amides is 3. The number of carbonyl (C=O) groups excluding carboxylic acids is 3. The Balaban J connectivity index is 1.74. The molecule has 2 aromatic rings. The second kappa shape index (κ2) is 12.5. The van der Waals surface area contributed by atoms with E-state index in [0.717, 1.165) is 11.4 Å². The van der Waals surface area contributed by atoms with E-state index in [-0.39, 0.29) is 30.3 Å². The molecule has 0 saturated carbocycles. The van der Waals surface area contributed by atoms with Crippen LogP contribution in [0.1, 0.15) is 54.5 Å². The van der Waals surface area contributed by atoms with Crippen LogP contribution in [0.2, 0.25) is 5.02 Å². The Hall–Kier alpha value is -3.19. The van der Waals surface area contributed by atoms with Crippen LogP contribution in [0.3, 0.4) is 0 Å². The highest BCUT2D eigenvalue weighted by atomic mass is 35.5. The monoisotopic (exact) mass is 577 g/mol. The molecule has 1 unspecified atom stereocenters. The van der Waals surface area contributed by atoms with E-state index < -0.39 is 34.5 Å². The van der Waals surface area contributed by atoms with E-state index in [0.29, 0.717) is 56.3 Å². The van der Waals surface area contributed by atoms with Gasteiger partial charge in [0.2, 0.25) is 5.43 Å². The first-order valence-corrected chi connectivity index (χ1v) is 13.8. The number of hydrazine groups is 1. The molecule has 0 spiro atoms. The Labute approximate surface area is 237 Å². The van der Waals surface area contributed by atoms with Gasteiger partial charge in [-0.25, -0.2) is 15.2 Å². The van der Waals surface area contributed by atoms with E-state index in [9.17, 15) is 24.3 Å². The van der Waals surface area contributed by atoms with Crippen LogP contribution in [0.4, 0.5) is 4.79 Å². The third-order valence-corrected chi connectivity index (χ3v) is 6.98. The number of β-amino-alcohol motifs (C(OH)–C–C–N with tert-alkyl or cyclic N) is 1. The molecule has 3 heterocycles. The molecule has 40 heavy (non-hydrogen) atoms. The van der Waals surface area contributed by atoms with Gasteiger partial charge in [0.25, 0.3) is 11.8 Å². The maximum Gasteiger partial charge on any atom is 0.426 e. The summed E-state index contributed by atoms with van der Waals surface area (Å²) in [6.07, 6.45) is 0.213. The number of benzene rings is 1. The number of carbonyl (C=O) groups is 3. The van der Waals surface area contributed by atoms with Crippen molar-refractivity contribution in [2.75, 3.05) is 52.5 Å². The Kier molecular flexibility index (Phi) is 9.34. The summed E-state index contributed by atoms with van der Waals surface area (Å²) in [5.74, 6) is -1.39. The van der Waals surface area contributed by atoms with Crippen molar-refractivity contribution >= 4 is 40.4 Å². The van der Waals surface area contributed by atoms with Gasteiger partial charge in [-0.3, -0.25) is 19.3 Å². The van der Waals surface area contributed by atoms with Gasteiger partial charge in [-0.1, -0.05) is 11.6 Å². The Morgan fingerprint density at radius 1 is 1.23 bits per heavy atom. The van der Waals surface area contributed by atoms with E-state index in [2.05, 4.69) is 10.4 Å². The summed E-state index contributed by atoms with van der Waals surface area (Å²) in [5, 5.41) is 10.8. The van der Waals surface area contributed by atoms with E-state index >= 15 is 0 Å². The zero-order chi connectivity index (χ0) is 29.0. The van der Waals surface area contributed by atoms with Crippen molar-refractivity contribution in [2.45, 2.75) is 45.3 Å². The number of aromatic nitrogens is 1. The first-order valence-electron chi connectivity index (χ1n) is 13.4. The number of hydrogen-bond donors (Lipinski definition) is 3. The smallest absolute Gasteiger partial charge is 0.426 e. The molecule has 12 nitrogen and oxygen atoms in total. The molecule has 1 aromatic heterocycles. The van der Waals surface area contributed by atoms with Gasteiger partial charge in [0.15, 0.2) is 0 Å². The lowest BCUT2D eigenvalue weighted by Gasteiger charge is -2.34. The average molecular weight is 578 g/mol. The number of aromatic amines is 1. The molecule has 2 fully saturated rings. The number of nitrogens with zero attached hydrogens (tertiary/aromatic N) is 3. The molecule has 2 saturated heterocycles. The number of rotatable bonds is 6. The number of fused-ring (bicyclic) bond motifs is 1. The number of piperazine rings is 1. The average Bonchev–Trinajstić information content (AvgIpc) is 3.40. The largest absolute Gasteiger partial charge is 0.443 e. The minimum Gasteiger partial charge on any atom is -0.443 e. The Morgan fingerprint density at radius 3 is 2.58 bits per heavy atom. The van der Waals surface area contributed by atoms with Crippen molar-refractivity contribution in [3.8, 4) is 0 Å². The molecule has 1 aromatic carbocycles. The van der Waals surface area contributed by atoms with Crippen molar-refractivity contribution in [3.63, 3.8) is 0 Å². The van der Waals surface area contributed by atoms with Crippen LogP contribution in [-0.2, 0) is 9.47 Å². The maximum absolute atomic E-state index is 14.1. The number of ether oxygens (including phenoxy) is 2. The predicted octanol–water partition coefficient (Wildman–Crippen LogP) is 1.99. The molecule has 3 N–H and O–H groups in total. The summed E-state index contributed by atoms with van der Waals surface area (Å²) in [7, 11) is 0. The number of aliphatic hydroxyl groups excluding tert-OH is 1. The first-order chi connectivity index (χ1) is 19.0. The molecule has 4 rings (SSSR count). The van der Waals surface area contributed by atoms with Gasteiger partial charge in [0.05, 0.1) is 24.8 Å². The van der Waals surface area contributed by atoms with Crippen LogP contribution in [0.5, 0.6) is 0 Å². The third kappa shape index (κ3) is 7.11. The van der Waals surface area contributed by atoms with Crippen molar-refractivity contribution in [1.82, 2.24) is 25.2 Å². The zero-order valence-electron chi connectivity index (χ0n) is 23.0. The molecule has 2 aliphatic heterocycles. The van der Waals surface area contributed by atoms with Crippen LogP contribution in [-0.4, -0.2) is 107 Å². The molecule has 3 amide bonds. The molecule has 0 radical (unpaired) electrons. The summed E-state index contributed by atoms with van der Waals surface area (Å²) < 4.78 is 11.0. The third-order valence-electron chi connectivity index (χ3n) is 6.75. The minimum atomic E-state index is -0.879. The maximum atomic E-state index is 14.1. The molecule has 1 atom stereocenters. The number of aliphatic hydroxyl groups is 1. The van der Waals surface area contributed by atoms with Gasteiger partial charge in [0, 0.05) is 49.7 Å². The van der Waals surface area contributed by atoms with E-state index in [1.807, 2.05) is 4.90 Å². The second-order valence-corrected chi connectivity index (χ2v) is 11.4. The number of H-pyrrole nitrogens is 1. The standard InChI is InChI=1S/C27H36ClN5O7/c1-27(2,3)40-26(38)30-33(16-18-5-4-14-39-18)24(36)21-22(25(37)32-10-8-31(9-11-32)12-13-34)29-20-15-17(28)6-7-19(20)23(21)35/h6-7,15,18,34H,4-5,8-14,16H2,1-3H3,(H,29,35)(H,30,38). The Morgan fingerprint density at radius 2 is 1.95 bits per heavy atom. The number of halogens is 1. The lowest BCUT2D eigenvalue weighted by atomic mass is 10.1. The second-order valence-electron chi connectivity index (χ2n) is 10.9. The molecular formula is C27H36ClN5O7. The van der Waals surface area contributed by atoms with Gasteiger partial charge in [-0.2, -0.15) is 0 Å². The summed E-state index contributed by atoms with van der Waals surface area (Å²) in [5.41, 5.74) is 0.685. The topological polar surface area (TPSA) is 145 Å². The molecule has 0 aliphatic carbocycles. The van der Waals surface area contributed by atoms with Crippen LogP contribution < -0.4 is 10.9 Å². The summed E-state index contributed by atoms with van der Waals surface area (Å²) in [4.78, 5) is 60.9. The van der Waals surface area contributed by atoms with E-state index in [4.69, 9.17) is 21.1 Å². The predicted molar refractivity (Wildman–Crippen MR) is 148 cm³/mol. The minimum absolute atomic E-state index is 0.0105. The quantitative estimate of drug-likeness (QED) is 0.442. The highest BCUT2D eigenvalue weighted by molar-refractivity contribution is 6.31. The number of pyridine rings is 1. The van der Waals surface area contributed by atoms with Crippen molar-refractivity contribution < 1.29 is 29.0 Å². The molecular weight excluding hydrogens is 542 g/mol. The van der Waals surface area contributed by atoms with Crippen LogP contribution >= 0.6 is 11.6 Å².